The Morgan fingerprint density at radius 3 is 2.63 bits per heavy atom. The first kappa shape index (κ1) is 20.9. The van der Waals surface area contributed by atoms with Crippen LogP contribution in [0.15, 0.2) is 40.8 Å². The molecule has 3 heterocycles. The van der Waals surface area contributed by atoms with E-state index >= 15 is 0 Å². The fraction of sp³-hybridized carbons (Fsp3) is 0.455. The molecule has 7 nitrogen and oxygen atoms in total. The molecule has 0 saturated carbocycles. The summed E-state index contributed by atoms with van der Waals surface area (Å²) in [5.41, 5.74) is 0.189. The van der Waals surface area contributed by atoms with Gasteiger partial charge in [0.15, 0.2) is 0 Å². The molecule has 0 bridgehead atoms. The second kappa shape index (κ2) is 8.41. The molecule has 3 amide bonds. The molecule has 1 aromatic heterocycles. The first-order valence-corrected chi connectivity index (χ1v) is 10.5. The maximum atomic E-state index is 12.9. The van der Waals surface area contributed by atoms with Crippen LogP contribution in [0.4, 0.5) is 4.79 Å². The molecule has 0 radical (unpaired) electrons. The van der Waals surface area contributed by atoms with Crippen LogP contribution >= 0.6 is 11.6 Å². The Kier molecular flexibility index (Phi) is 5.86. The molecule has 4 rings (SSSR count). The molecule has 2 aromatic rings. The minimum atomic E-state index is -0.754. The van der Waals surface area contributed by atoms with Crippen molar-refractivity contribution in [3.8, 4) is 11.3 Å². The van der Waals surface area contributed by atoms with Gasteiger partial charge in [0.2, 0.25) is 0 Å². The number of urea groups is 1. The standard InChI is InChI=1S/C22H26ClN3O4/c1-24-20(27)22(26(21(24)28)12-13-29-2)8-10-25(11-9-22)15-18-6-7-19(30-18)16-4-3-5-17(23)14-16/h3-7,14H,8-13,15H2,1-2H3. The Morgan fingerprint density at radius 1 is 1.17 bits per heavy atom. The van der Waals surface area contributed by atoms with Gasteiger partial charge in [-0.15, -0.1) is 0 Å². The number of carbonyl (C=O) groups excluding carboxylic acids is 2. The summed E-state index contributed by atoms with van der Waals surface area (Å²) in [6.45, 7) is 2.92. The van der Waals surface area contributed by atoms with Crippen molar-refractivity contribution >= 4 is 23.5 Å². The summed E-state index contributed by atoms with van der Waals surface area (Å²) in [6.07, 6.45) is 1.21. The maximum Gasteiger partial charge on any atom is 0.327 e. The summed E-state index contributed by atoms with van der Waals surface area (Å²) in [4.78, 5) is 30.7. The lowest BCUT2D eigenvalue weighted by Gasteiger charge is -2.42. The van der Waals surface area contributed by atoms with Crippen molar-refractivity contribution in [1.82, 2.24) is 14.7 Å². The van der Waals surface area contributed by atoms with Gasteiger partial charge in [0.05, 0.1) is 13.2 Å². The van der Waals surface area contributed by atoms with Gasteiger partial charge in [-0.1, -0.05) is 23.7 Å². The summed E-state index contributed by atoms with van der Waals surface area (Å²) < 4.78 is 11.2. The van der Waals surface area contributed by atoms with Gasteiger partial charge in [0, 0.05) is 44.4 Å². The van der Waals surface area contributed by atoms with Crippen LogP contribution in [0.1, 0.15) is 18.6 Å². The fourth-order valence-electron chi connectivity index (χ4n) is 4.42. The number of carbonyl (C=O) groups is 2. The zero-order chi connectivity index (χ0) is 21.3. The van der Waals surface area contributed by atoms with E-state index in [4.69, 9.17) is 20.8 Å². The first-order valence-electron chi connectivity index (χ1n) is 10.1. The number of ether oxygens (including phenoxy) is 1. The number of amides is 3. The molecule has 0 unspecified atom stereocenters. The number of likely N-dealkylation sites (N-methyl/N-ethyl adjacent to an activating group) is 1. The number of methoxy groups -OCH3 is 1. The minimum absolute atomic E-state index is 0.107. The highest BCUT2D eigenvalue weighted by atomic mass is 35.5. The van der Waals surface area contributed by atoms with Crippen molar-refractivity contribution in [3.63, 3.8) is 0 Å². The number of rotatable bonds is 6. The van der Waals surface area contributed by atoms with E-state index in [1.54, 1.807) is 19.1 Å². The molecular formula is C22H26ClN3O4. The Balaban J connectivity index is 1.42. The molecule has 0 atom stereocenters. The van der Waals surface area contributed by atoms with Crippen LogP contribution < -0.4 is 0 Å². The zero-order valence-electron chi connectivity index (χ0n) is 17.3. The molecule has 2 fully saturated rings. The molecule has 2 aliphatic rings. The molecule has 30 heavy (non-hydrogen) atoms. The monoisotopic (exact) mass is 431 g/mol. The smallest absolute Gasteiger partial charge is 0.327 e. The molecule has 2 aliphatic heterocycles. The fourth-order valence-corrected chi connectivity index (χ4v) is 4.61. The van der Waals surface area contributed by atoms with Crippen molar-refractivity contribution in [1.29, 1.82) is 0 Å². The van der Waals surface area contributed by atoms with Crippen molar-refractivity contribution in [2.75, 3.05) is 40.4 Å². The molecule has 8 heteroatoms. The van der Waals surface area contributed by atoms with E-state index in [-0.39, 0.29) is 11.9 Å². The number of benzene rings is 1. The molecule has 2 saturated heterocycles. The molecule has 160 valence electrons. The minimum Gasteiger partial charge on any atom is -0.460 e. The summed E-state index contributed by atoms with van der Waals surface area (Å²) in [5, 5.41) is 0.672. The highest BCUT2D eigenvalue weighted by Gasteiger charge is 2.56. The van der Waals surface area contributed by atoms with Gasteiger partial charge < -0.3 is 14.1 Å². The van der Waals surface area contributed by atoms with Gasteiger partial charge in [-0.05, 0) is 37.1 Å². The predicted molar refractivity (Wildman–Crippen MR) is 113 cm³/mol. The van der Waals surface area contributed by atoms with E-state index in [1.165, 1.54) is 4.90 Å². The quantitative estimate of drug-likeness (QED) is 0.655. The van der Waals surface area contributed by atoms with E-state index < -0.39 is 5.54 Å². The first-order chi connectivity index (χ1) is 14.4. The number of hydrogen-bond donors (Lipinski definition) is 0. The topological polar surface area (TPSA) is 66.2 Å². The highest BCUT2D eigenvalue weighted by Crippen LogP contribution is 2.37. The molecular weight excluding hydrogens is 406 g/mol. The van der Waals surface area contributed by atoms with Crippen LogP contribution in [0.25, 0.3) is 11.3 Å². The van der Waals surface area contributed by atoms with Crippen molar-refractivity contribution in [2.45, 2.75) is 24.9 Å². The van der Waals surface area contributed by atoms with Gasteiger partial charge in [-0.25, -0.2) is 4.79 Å². The molecule has 1 spiro atoms. The van der Waals surface area contributed by atoms with Gasteiger partial charge in [0.25, 0.3) is 5.91 Å². The van der Waals surface area contributed by atoms with E-state index in [0.29, 0.717) is 50.7 Å². The number of piperidine rings is 1. The Bertz CT molecular complexity index is 936. The normalized spacial score (nSPS) is 19.3. The number of likely N-dealkylation sites (tertiary alicyclic amines) is 1. The average Bonchev–Trinajstić information content (AvgIpc) is 3.28. The van der Waals surface area contributed by atoms with Gasteiger partial charge in [-0.3, -0.25) is 14.6 Å². The number of imide groups is 1. The van der Waals surface area contributed by atoms with E-state index in [0.717, 1.165) is 17.1 Å². The summed E-state index contributed by atoms with van der Waals surface area (Å²) in [5.74, 6) is 1.54. The number of nitrogens with zero attached hydrogens (tertiary/aromatic N) is 3. The van der Waals surface area contributed by atoms with E-state index in [1.807, 2.05) is 36.4 Å². The van der Waals surface area contributed by atoms with Crippen LogP contribution in [-0.4, -0.2) is 72.6 Å². The molecule has 0 N–H and O–H groups in total. The Labute approximate surface area is 181 Å². The zero-order valence-corrected chi connectivity index (χ0v) is 18.0. The number of hydrogen-bond acceptors (Lipinski definition) is 5. The van der Waals surface area contributed by atoms with Crippen molar-refractivity contribution in [2.24, 2.45) is 0 Å². The average molecular weight is 432 g/mol. The lowest BCUT2D eigenvalue weighted by molar-refractivity contribution is -0.135. The van der Waals surface area contributed by atoms with Crippen LogP contribution in [0.2, 0.25) is 5.02 Å². The predicted octanol–water partition coefficient (Wildman–Crippen LogP) is 3.48. The van der Waals surface area contributed by atoms with Gasteiger partial charge in [0.1, 0.15) is 17.1 Å². The van der Waals surface area contributed by atoms with Crippen LogP contribution in [0.3, 0.4) is 0 Å². The molecule has 0 aliphatic carbocycles. The van der Waals surface area contributed by atoms with Crippen LogP contribution in [0, 0.1) is 0 Å². The SMILES string of the molecule is COCCN1C(=O)N(C)C(=O)C12CCN(Cc1ccc(-c3cccc(Cl)c3)o1)CC2. The Morgan fingerprint density at radius 2 is 1.93 bits per heavy atom. The van der Waals surface area contributed by atoms with Crippen molar-refractivity contribution in [3.05, 3.63) is 47.2 Å². The highest BCUT2D eigenvalue weighted by molar-refractivity contribution is 6.30. The van der Waals surface area contributed by atoms with E-state index in [9.17, 15) is 9.59 Å². The number of halogens is 1. The third-order valence-corrected chi connectivity index (χ3v) is 6.32. The summed E-state index contributed by atoms with van der Waals surface area (Å²) in [7, 11) is 3.16. The lowest BCUT2D eigenvalue weighted by Crippen LogP contribution is -2.57. The largest absolute Gasteiger partial charge is 0.460 e. The lowest BCUT2D eigenvalue weighted by atomic mass is 9.86. The maximum absolute atomic E-state index is 12.9. The number of furan rings is 1. The van der Waals surface area contributed by atoms with Crippen LogP contribution in [-0.2, 0) is 16.1 Å². The van der Waals surface area contributed by atoms with Gasteiger partial charge in [-0.2, -0.15) is 0 Å². The second-order valence-corrected chi connectivity index (χ2v) is 8.31. The Hall–Kier alpha value is -2.35. The molecule has 1 aromatic carbocycles. The summed E-state index contributed by atoms with van der Waals surface area (Å²) >= 11 is 6.08. The summed E-state index contributed by atoms with van der Waals surface area (Å²) in [6, 6.07) is 11.3. The second-order valence-electron chi connectivity index (χ2n) is 7.88. The van der Waals surface area contributed by atoms with Gasteiger partial charge >= 0.3 is 6.03 Å². The van der Waals surface area contributed by atoms with E-state index in [2.05, 4.69) is 4.90 Å². The van der Waals surface area contributed by atoms with Crippen LogP contribution in [0.5, 0.6) is 0 Å². The third kappa shape index (κ3) is 3.73. The third-order valence-electron chi connectivity index (χ3n) is 6.09. The van der Waals surface area contributed by atoms with Crippen molar-refractivity contribution < 1.29 is 18.7 Å².